The predicted molar refractivity (Wildman–Crippen MR) is 77.9 cm³/mol. The molecule has 0 radical (unpaired) electrons. The van der Waals surface area contributed by atoms with E-state index in [9.17, 15) is 9.18 Å². The lowest BCUT2D eigenvalue weighted by Gasteiger charge is -2.17. The average molecular weight is 292 g/mol. The Morgan fingerprint density at radius 1 is 1.52 bits per heavy atom. The minimum absolute atomic E-state index is 0.0347. The van der Waals surface area contributed by atoms with E-state index in [1.54, 1.807) is 6.26 Å². The number of carboxylic acid groups (broad SMARTS) is 1. The summed E-state index contributed by atoms with van der Waals surface area (Å²) >= 11 is 0. The van der Waals surface area contributed by atoms with Crippen LogP contribution in [0.5, 0.6) is 0 Å². The molecule has 0 bridgehead atoms. The van der Waals surface area contributed by atoms with Crippen molar-refractivity contribution < 1.29 is 18.7 Å². The topological polar surface area (TPSA) is 88.5 Å². The molecule has 0 fully saturated rings. The number of halogens is 1. The number of furan rings is 1. The van der Waals surface area contributed by atoms with Gasteiger partial charge in [0.05, 0.1) is 23.2 Å². The van der Waals surface area contributed by atoms with Crippen LogP contribution in [0.4, 0.5) is 15.8 Å². The highest BCUT2D eigenvalue weighted by Gasteiger charge is 2.15. The molecule has 1 atom stereocenters. The number of carbonyl (C=O) groups is 1. The third-order valence-electron chi connectivity index (χ3n) is 3.18. The molecule has 0 aliphatic rings. The molecule has 2 rings (SSSR count). The number of nitrogens with two attached hydrogens (primary N) is 1. The summed E-state index contributed by atoms with van der Waals surface area (Å²) in [5, 5.41) is 11.9. The van der Waals surface area contributed by atoms with E-state index in [1.165, 1.54) is 0 Å². The molecular formula is C15H17FN2O3. The molecule has 6 heteroatoms. The van der Waals surface area contributed by atoms with Gasteiger partial charge in [0.25, 0.3) is 0 Å². The van der Waals surface area contributed by atoms with Gasteiger partial charge < -0.3 is 20.6 Å². The molecule has 1 aromatic heterocycles. The van der Waals surface area contributed by atoms with Crippen LogP contribution >= 0.6 is 0 Å². The van der Waals surface area contributed by atoms with Gasteiger partial charge in [0.15, 0.2) is 0 Å². The monoisotopic (exact) mass is 292 g/mol. The van der Waals surface area contributed by atoms with Gasteiger partial charge in [-0.05, 0) is 37.6 Å². The summed E-state index contributed by atoms with van der Waals surface area (Å²) in [7, 11) is 0. The third-order valence-corrected chi connectivity index (χ3v) is 3.18. The summed E-state index contributed by atoms with van der Waals surface area (Å²) < 4.78 is 18.9. The maximum atomic E-state index is 13.6. The first-order valence-corrected chi connectivity index (χ1v) is 6.58. The zero-order valence-electron chi connectivity index (χ0n) is 11.6. The second-order valence-electron chi connectivity index (χ2n) is 4.89. The zero-order chi connectivity index (χ0) is 15.4. The quantitative estimate of drug-likeness (QED) is 0.712. The Kier molecular flexibility index (Phi) is 4.47. The van der Waals surface area contributed by atoms with E-state index in [-0.39, 0.29) is 11.7 Å². The largest absolute Gasteiger partial charge is 0.478 e. The van der Waals surface area contributed by atoms with Crippen molar-refractivity contribution in [3.8, 4) is 0 Å². The number of nitrogen functional groups attached to an aromatic ring is 1. The Labute approximate surface area is 121 Å². The van der Waals surface area contributed by atoms with Gasteiger partial charge >= 0.3 is 5.97 Å². The van der Waals surface area contributed by atoms with Crippen molar-refractivity contribution in [2.45, 2.75) is 25.8 Å². The van der Waals surface area contributed by atoms with Crippen LogP contribution in [-0.2, 0) is 6.42 Å². The first-order chi connectivity index (χ1) is 9.97. The smallest absolute Gasteiger partial charge is 0.338 e. The van der Waals surface area contributed by atoms with Gasteiger partial charge in [-0.2, -0.15) is 0 Å². The van der Waals surface area contributed by atoms with Crippen LogP contribution in [0.1, 0.15) is 29.5 Å². The lowest BCUT2D eigenvalue weighted by molar-refractivity contribution is 0.0692. The molecule has 0 aliphatic carbocycles. The fraction of sp³-hybridized carbons (Fsp3) is 0.267. The first-order valence-electron chi connectivity index (χ1n) is 6.58. The number of anilines is 2. The first kappa shape index (κ1) is 14.9. The van der Waals surface area contributed by atoms with Crippen LogP contribution in [0.2, 0.25) is 0 Å². The molecule has 1 aromatic carbocycles. The third kappa shape index (κ3) is 3.75. The molecule has 2 aromatic rings. The molecule has 1 unspecified atom stereocenters. The van der Waals surface area contributed by atoms with Gasteiger partial charge in [0, 0.05) is 12.5 Å². The second kappa shape index (κ2) is 6.30. The van der Waals surface area contributed by atoms with Crippen molar-refractivity contribution in [1.29, 1.82) is 0 Å². The van der Waals surface area contributed by atoms with Gasteiger partial charge in [-0.3, -0.25) is 0 Å². The van der Waals surface area contributed by atoms with Crippen molar-refractivity contribution in [2.24, 2.45) is 0 Å². The summed E-state index contributed by atoms with van der Waals surface area (Å²) in [6, 6.07) is 5.99. The summed E-state index contributed by atoms with van der Waals surface area (Å²) in [4.78, 5) is 10.8. The maximum absolute atomic E-state index is 13.6. The molecule has 5 nitrogen and oxygen atoms in total. The van der Waals surface area contributed by atoms with Crippen LogP contribution in [0.3, 0.4) is 0 Å². The normalized spacial score (nSPS) is 12.1. The Balaban J connectivity index is 2.02. The average Bonchev–Trinajstić information content (AvgIpc) is 2.93. The minimum Gasteiger partial charge on any atom is -0.478 e. The van der Waals surface area contributed by atoms with E-state index in [1.807, 2.05) is 19.1 Å². The Morgan fingerprint density at radius 2 is 2.29 bits per heavy atom. The molecule has 112 valence electrons. The molecule has 0 saturated carbocycles. The highest BCUT2D eigenvalue weighted by Crippen LogP contribution is 2.24. The molecule has 21 heavy (non-hydrogen) atoms. The van der Waals surface area contributed by atoms with Crippen LogP contribution in [0.15, 0.2) is 34.9 Å². The number of nitrogens with one attached hydrogen (secondary N) is 1. The Bertz CT molecular complexity index is 626. The van der Waals surface area contributed by atoms with Crippen LogP contribution in [-0.4, -0.2) is 17.1 Å². The van der Waals surface area contributed by atoms with Gasteiger partial charge in [0.1, 0.15) is 11.6 Å². The number of hydrogen-bond acceptors (Lipinski definition) is 4. The summed E-state index contributed by atoms with van der Waals surface area (Å²) in [5.41, 5.74) is 5.93. The molecule has 0 spiro atoms. The fourth-order valence-corrected chi connectivity index (χ4v) is 2.03. The van der Waals surface area contributed by atoms with Crippen molar-refractivity contribution in [3.05, 3.63) is 47.7 Å². The SMILES string of the molecule is CC(CCc1ccco1)Nc1cc(F)c(C(=O)O)cc1N. The van der Waals surface area contributed by atoms with Crippen molar-refractivity contribution in [2.75, 3.05) is 11.1 Å². The molecule has 0 amide bonds. The lowest BCUT2D eigenvalue weighted by Crippen LogP contribution is -2.17. The molecular weight excluding hydrogens is 275 g/mol. The lowest BCUT2D eigenvalue weighted by atomic mass is 10.1. The van der Waals surface area contributed by atoms with E-state index in [0.717, 1.165) is 30.7 Å². The van der Waals surface area contributed by atoms with E-state index in [0.29, 0.717) is 5.69 Å². The molecule has 4 N–H and O–H groups in total. The number of aryl methyl sites for hydroxylation is 1. The van der Waals surface area contributed by atoms with E-state index in [2.05, 4.69) is 5.32 Å². The molecule has 0 saturated heterocycles. The predicted octanol–water partition coefficient (Wildman–Crippen LogP) is 3.13. The van der Waals surface area contributed by atoms with Crippen molar-refractivity contribution in [1.82, 2.24) is 0 Å². The van der Waals surface area contributed by atoms with Gasteiger partial charge in [-0.1, -0.05) is 0 Å². The molecule has 1 heterocycles. The number of carboxylic acids is 1. The standard InChI is InChI=1S/C15H17FN2O3/c1-9(4-5-10-3-2-6-21-10)18-14-8-12(16)11(15(19)20)7-13(14)17/h2-3,6-9,18H,4-5,17H2,1H3,(H,19,20). The summed E-state index contributed by atoms with van der Waals surface area (Å²) in [6.07, 6.45) is 3.14. The van der Waals surface area contributed by atoms with Crippen molar-refractivity contribution in [3.63, 3.8) is 0 Å². The number of benzene rings is 1. The zero-order valence-corrected chi connectivity index (χ0v) is 11.6. The molecule has 0 aliphatic heterocycles. The van der Waals surface area contributed by atoms with E-state index < -0.39 is 17.3 Å². The maximum Gasteiger partial charge on any atom is 0.338 e. The van der Waals surface area contributed by atoms with Gasteiger partial charge in [-0.25, -0.2) is 9.18 Å². The number of hydrogen-bond donors (Lipinski definition) is 3. The van der Waals surface area contributed by atoms with Crippen LogP contribution < -0.4 is 11.1 Å². The minimum atomic E-state index is -1.34. The van der Waals surface area contributed by atoms with Crippen molar-refractivity contribution >= 4 is 17.3 Å². The second-order valence-corrected chi connectivity index (χ2v) is 4.89. The highest BCUT2D eigenvalue weighted by molar-refractivity contribution is 5.90. The van der Waals surface area contributed by atoms with E-state index >= 15 is 0 Å². The Morgan fingerprint density at radius 3 is 2.90 bits per heavy atom. The number of aromatic carboxylic acids is 1. The van der Waals surface area contributed by atoms with E-state index in [4.69, 9.17) is 15.3 Å². The van der Waals surface area contributed by atoms with Gasteiger partial charge in [-0.15, -0.1) is 0 Å². The van der Waals surface area contributed by atoms with Gasteiger partial charge in [0.2, 0.25) is 0 Å². The van der Waals surface area contributed by atoms with Crippen LogP contribution in [0.25, 0.3) is 0 Å². The summed E-state index contributed by atoms with van der Waals surface area (Å²) in [5.74, 6) is -1.27. The number of rotatable bonds is 6. The highest BCUT2D eigenvalue weighted by atomic mass is 19.1. The summed E-state index contributed by atoms with van der Waals surface area (Å²) in [6.45, 7) is 1.94. The fourth-order valence-electron chi connectivity index (χ4n) is 2.03. The van der Waals surface area contributed by atoms with Crippen LogP contribution in [0, 0.1) is 5.82 Å². The Hall–Kier alpha value is -2.50.